The molecular formula is C7H17BrSi. The first-order chi connectivity index (χ1) is 4.18. The number of hydrogen-bond donors (Lipinski definition) is 0. The molecule has 0 bridgehead atoms. The van der Waals surface area contributed by atoms with E-state index in [1.807, 2.05) is 0 Å². The number of hydrogen-bond acceptors (Lipinski definition) is 0. The molecule has 0 aliphatic heterocycles. The minimum atomic E-state index is -0.380. The summed E-state index contributed by atoms with van der Waals surface area (Å²) in [5.74, 6) is 0. The van der Waals surface area contributed by atoms with Gasteiger partial charge in [0.05, 0.1) is 0 Å². The Morgan fingerprint density at radius 3 is 2.33 bits per heavy atom. The van der Waals surface area contributed by atoms with Crippen LogP contribution in [0, 0.1) is 0 Å². The quantitative estimate of drug-likeness (QED) is 0.493. The molecule has 0 aliphatic rings. The lowest BCUT2D eigenvalue weighted by molar-refractivity contribution is 0.758. The highest BCUT2D eigenvalue weighted by Gasteiger charge is 2.07. The first-order valence-electron chi connectivity index (χ1n) is 3.82. The van der Waals surface area contributed by atoms with Crippen molar-refractivity contribution in [1.29, 1.82) is 0 Å². The first kappa shape index (κ1) is 9.70. The lowest BCUT2D eigenvalue weighted by Crippen LogP contribution is -2.17. The molecule has 2 heteroatoms. The molecule has 0 rings (SSSR count). The molecule has 0 fully saturated rings. The Bertz CT molecular complexity index is 63.9. The van der Waals surface area contributed by atoms with Crippen molar-refractivity contribution in [3.63, 3.8) is 0 Å². The van der Waals surface area contributed by atoms with Crippen molar-refractivity contribution in [2.75, 3.05) is 0 Å². The van der Waals surface area contributed by atoms with Gasteiger partial charge in [0.2, 0.25) is 0 Å². The molecule has 1 atom stereocenters. The Labute approximate surface area is 68.8 Å². The van der Waals surface area contributed by atoms with Crippen molar-refractivity contribution in [3.8, 4) is 0 Å². The van der Waals surface area contributed by atoms with Crippen LogP contribution in [0.15, 0.2) is 0 Å². The van der Waals surface area contributed by atoms with Gasteiger partial charge >= 0.3 is 0 Å². The molecule has 0 aromatic heterocycles. The van der Waals surface area contributed by atoms with Gasteiger partial charge < -0.3 is 0 Å². The zero-order valence-electron chi connectivity index (χ0n) is 6.65. The minimum Gasteiger partial charge on any atom is -0.0929 e. The van der Waals surface area contributed by atoms with Gasteiger partial charge in [0.15, 0.2) is 0 Å². The summed E-state index contributed by atoms with van der Waals surface area (Å²) in [6.45, 7) is 7.05. The summed E-state index contributed by atoms with van der Waals surface area (Å²) in [7, 11) is -0.380. The maximum absolute atomic E-state index is 3.70. The molecule has 56 valence electrons. The van der Waals surface area contributed by atoms with Crippen LogP contribution < -0.4 is 0 Å². The Morgan fingerprint density at radius 1 is 1.44 bits per heavy atom. The molecule has 0 heterocycles. The van der Waals surface area contributed by atoms with Crippen LogP contribution in [0.5, 0.6) is 0 Å². The summed E-state index contributed by atoms with van der Waals surface area (Å²) in [6, 6.07) is 0. The number of halogens is 1. The van der Waals surface area contributed by atoms with Gasteiger partial charge in [-0.15, -0.1) is 0 Å². The van der Waals surface area contributed by atoms with Crippen molar-refractivity contribution < 1.29 is 0 Å². The van der Waals surface area contributed by atoms with E-state index < -0.39 is 0 Å². The van der Waals surface area contributed by atoms with Crippen molar-refractivity contribution in [3.05, 3.63) is 0 Å². The molecule has 0 aromatic carbocycles. The molecule has 0 saturated carbocycles. The van der Waals surface area contributed by atoms with E-state index in [1.165, 1.54) is 19.3 Å². The fraction of sp³-hybridized carbons (Fsp3) is 1.00. The zero-order valence-corrected chi connectivity index (χ0v) is 9.39. The van der Waals surface area contributed by atoms with Gasteiger partial charge in [-0.2, -0.15) is 0 Å². The predicted octanol–water partition coefficient (Wildman–Crippen LogP) is 2.97. The van der Waals surface area contributed by atoms with Gasteiger partial charge in [-0.1, -0.05) is 48.8 Å². The average molecular weight is 209 g/mol. The number of unbranched alkanes of at least 4 members (excludes halogenated alkanes) is 1. The van der Waals surface area contributed by atoms with E-state index in [-0.39, 0.29) is 8.80 Å². The smallest absolute Gasteiger partial charge is 0.0465 e. The largest absolute Gasteiger partial charge is 0.0929 e. The minimum absolute atomic E-state index is 0.380. The lowest BCUT2D eigenvalue weighted by atomic mass is 10.3. The third-order valence-corrected chi connectivity index (χ3v) is 6.97. The molecule has 0 amide bonds. The van der Waals surface area contributed by atoms with E-state index >= 15 is 0 Å². The van der Waals surface area contributed by atoms with E-state index in [9.17, 15) is 0 Å². The van der Waals surface area contributed by atoms with E-state index in [1.54, 1.807) is 0 Å². The van der Waals surface area contributed by atoms with Crippen LogP contribution in [-0.2, 0) is 0 Å². The second-order valence-corrected chi connectivity index (χ2v) is 8.35. The maximum Gasteiger partial charge on any atom is 0.0465 e. The molecule has 0 saturated heterocycles. The van der Waals surface area contributed by atoms with Crippen LogP contribution in [0.25, 0.3) is 0 Å². The SMILES string of the molecule is CCCCC(Br)[SiH](C)C. The van der Waals surface area contributed by atoms with Crippen LogP contribution in [-0.4, -0.2) is 13.2 Å². The zero-order chi connectivity index (χ0) is 7.28. The second-order valence-electron chi connectivity index (χ2n) is 2.90. The molecule has 0 aliphatic carbocycles. The van der Waals surface area contributed by atoms with Crippen LogP contribution in [0.1, 0.15) is 26.2 Å². The standard InChI is InChI=1S/C7H17BrSi/c1-4-5-6-7(8)9(2)3/h7,9H,4-6H2,1-3H3. The number of rotatable bonds is 4. The number of alkyl halides is 1. The Morgan fingerprint density at radius 2 is 2.00 bits per heavy atom. The third kappa shape index (κ3) is 5.16. The topological polar surface area (TPSA) is 0 Å². The van der Waals surface area contributed by atoms with Crippen LogP contribution >= 0.6 is 15.9 Å². The Hall–Kier alpha value is 0.697. The van der Waals surface area contributed by atoms with E-state index in [0.717, 1.165) is 4.45 Å². The Balaban J connectivity index is 3.16. The van der Waals surface area contributed by atoms with Crippen molar-refractivity contribution in [1.82, 2.24) is 0 Å². The summed E-state index contributed by atoms with van der Waals surface area (Å²) in [6.07, 6.45) is 4.12. The molecular weight excluding hydrogens is 192 g/mol. The fourth-order valence-corrected chi connectivity index (χ4v) is 1.96. The van der Waals surface area contributed by atoms with Gasteiger partial charge in [-0.3, -0.25) is 0 Å². The van der Waals surface area contributed by atoms with Gasteiger partial charge in [0.1, 0.15) is 0 Å². The normalized spacial score (nSPS) is 14.3. The van der Waals surface area contributed by atoms with Crippen LogP contribution in [0.4, 0.5) is 0 Å². The lowest BCUT2D eigenvalue weighted by Gasteiger charge is -2.10. The summed E-state index contributed by atoms with van der Waals surface area (Å²) < 4.78 is 0.873. The fourth-order valence-electron chi connectivity index (χ4n) is 0.732. The molecule has 1 unspecified atom stereocenters. The monoisotopic (exact) mass is 208 g/mol. The van der Waals surface area contributed by atoms with Crippen LogP contribution in [0.2, 0.25) is 13.1 Å². The molecule has 0 N–H and O–H groups in total. The van der Waals surface area contributed by atoms with E-state index in [4.69, 9.17) is 0 Å². The van der Waals surface area contributed by atoms with E-state index in [0.29, 0.717) is 0 Å². The highest BCUT2D eigenvalue weighted by atomic mass is 79.9. The third-order valence-electron chi connectivity index (χ3n) is 1.56. The predicted molar refractivity (Wildman–Crippen MR) is 51.1 cm³/mol. The van der Waals surface area contributed by atoms with Gasteiger partial charge in [0.25, 0.3) is 0 Å². The van der Waals surface area contributed by atoms with Crippen molar-refractivity contribution in [2.45, 2.75) is 43.7 Å². The molecule has 0 radical (unpaired) electrons. The molecule has 0 nitrogen and oxygen atoms in total. The average Bonchev–Trinajstić information content (AvgIpc) is 1.82. The molecule has 0 aromatic rings. The Kier molecular flexibility index (Phi) is 5.90. The van der Waals surface area contributed by atoms with Gasteiger partial charge in [0, 0.05) is 13.2 Å². The summed E-state index contributed by atoms with van der Waals surface area (Å²) >= 11 is 3.70. The highest BCUT2D eigenvalue weighted by molar-refractivity contribution is 9.10. The molecule has 9 heavy (non-hydrogen) atoms. The van der Waals surface area contributed by atoms with Crippen molar-refractivity contribution in [2.24, 2.45) is 0 Å². The summed E-state index contributed by atoms with van der Waals surface area (Å²) in [5, 5.41) is 0. The first-order valence-corrected chi connectivity index (χ1v) is 7.71. The second kappa shape index (κ2) is 5.48. The summed E-state index contributed by atoms with van der Waals surface area (Å²) in [5.41, 5.74) is 0. The highest BCUT2D eigenvalue weighted by Crippen LogP contribution is 2.12. The maximum atomic E-state index is 3.70. The van der Waals surface area contributed by atoms with Crippen molar-refractivity contribution >= 4 is 24.7 Å². The van der Waals surface area contributed by atoms with Crippen LogP contribution in [0.3, 0.4) is 0 Å². The molecule has 0 spiro atoms. The van der Waals surface area contributed by atoms with Gasteiger partial charge in [-0.05, 0) is 6.42 Å². The van der Waals surface area contributed by atoms with E-state index in [2.05, 4.69) is 35.9 Å². The summed E-state index contributed by atoms with van der Waals surface area (Å²) in [4.78, 5) is 0. The van der Waals surface area contributed by atoms with Gasteiger partial charge in [-0.25, -0.2) is 0 Å².